The van der Waals surface area contributed by atoms with Crippen molar-refractivity contribution in [2.75, 3.05) is 0 Å². The Balaban J connectivity index is 0. The normalized spacial score (nSPS) is 18.2. The molecule has 0 amide bonds. The van der Waals surface area contributed by atoms with Crippen molar-refractivity contribution in [3.05, 3.63) is 11.8 Å². The van der Waals surface area contributed by atoms with Crippen LogP contribution in [0.4, 0.5) is 0 Å². The summed E-state index contributed by atoms with van der Waals surface area (Å²) in [5.41, 5.74) is 6.10. The molecule has 0 saturated carbocycles. The van der Waals surface area contributed by atoms with Crippen LogP contribution in [0.2, 0.25) is 0 Å². The molecule has 0 aromatic heterocycles. The Morgan fingerprint density at radius 3 is 2.56 bits per heavy atom. The van der Waals surface area contributed by atoms with E-state index in [1.54, 1.807) is 0 Å². The van der Waals surface area contributed by atoms with Crippen LogP contribution < -0.4 is 35.3 Å². The Morgan fingerprint density at radius 2 is 2.22 bits per heavy atom. The minimum atomic E-state index is 0. The van der Waals surface area contributed by atoms with Gasteiger partial charge in [-0.1, -0.05) is 0 Å². The molecule has 9 heavy (non-hydrogen) atoms. The number of ketones is 1. The first-order valence-electron chi connectivity index (χ1n) is 2.78. The van der Waals surface area contributed by atoms with Crippen LogP contribution in [0, 0.1) is 0 Å². The second-order valence-corrected chi connectivity index (χ2v) is 2.04. The SMILES string of the molecule is NC1=CC(=O)CCC1.[H-].[Na+]. The molecule has 1 rings (SSSR count). The summed E-state index contributed by atoms with van der Waals surface area (Å²) in [6.07, 6.45) is 4.04. The molecule has 0 aromatic rings. The Labute approximate surface area is 78.3 Å². The van der Waals surface area contributed by atoms with Crippen LogP contribution in [0.15, 0.2) is 11.8 Å². The number of hydrogen-bond donors (Lipinski definition) is 1. The number of allylic oxidation sites excluding steroid dienone is 2. The molecule has 1 aliphatic carbocycles. The Kier molecular flexibility index (Phi) is 4.19. The second-order valence-electron chi connectivity index (χ2n) is 2.04. The van der Waals surface area contributed by atoms with Gasteiger partial charge in [0, 0.05) is 12.1 Å². The van der Waals surface area contributed by atoms with Crippen LogP contribution in [-0.2, 0) is 4.79 Å². The zero-order valence-corrected chi connectivity index (χ0v) is 7.68. The average Bonchev–Trinajstić information content (AvgIpc) is 1.64. The van der Waals surface area contributed by atoms with Gasteiger partial charge in [-0.2, -0.15) is 0 Å². The fourth-order valence-corrected chi connectivity index (χ4v) is 0.818. The first-order valence-corrected chi connectivity index (χ1v) is 2.78. The van der Waals surface area contributed by atoms with Gasteiger partial charge in [0.2, 0.25) is 0 Å². The van der Waals surface area contributed by atoms with Gasteiger partial charge in [0.25, 0.3) is 0 Å². The molecule has 2 nitrogen and oxygen atoms in total. The zero-order chi connectivity index (χ0) is 5.98. The van der Waals surface area contributed by atoms with Gasteiger partial charge in [-0.15, -0.1) is 0 Å². The fraction of sp³-hybridized carbons (Fsp3) is 0.500. The summed E-state index contributed by atoms with van der Waals surface area (Å²) in [5.74, 6) is 0.175. The average molecular weight is 135 g/mol. The summed E-state index contributed by atoms with van der Waals surface area (Å²) in [6.45, 7) is 0. The summed E-state index contributed by atoms with van der Waals surface area (Å²) in [7, 11) is 0. The third kappa shape index (κ3) is 3.04. The van der Waals surface area contributed by atoms with Crippen LogP contribution in [0.1, 0.15) is 20.7 Å². The van der Waals surface area contributed by atoms with Crippen LogP contribution in [0.25, 0.3) is 0 Å². The van der Waals surface area contributed by atoms with Gasteiger partial charge in [0.05, 0.1) is 0 Å². The van der Waals surface area contributed by atoms with E-state index in [1.807, 2.05) is 0 Å². The van der Waals surface area contributed by atoms with Gasteiger partial charge in [-0.05, 0) is 18.9 Å². The Morgan fingerprint density at radius 1 is 1.56 bits per heavy atom. The molecule has 0 atom stereocenters. The number of hydrogen-bond acceptors (Lipinski definition) is 2. The molecule has 0 radical (unpaired) electrons. The van der Waals surface area contributed by atoms with Gasteiger partial charge in [-0.3, -0.25) is 4.79 Å². The molecule has 0 fully saturated rings. The van der Waals surface area contributed by atoms with E-state index in [-0.39, 0.29) is 36.8 Å². The second kappa shape index (κ2) is 4.09. The number of carbonyl (C=O) groups is 1. The quantitative estimate of drug-likeness (QED) is 0.379. The first-order chi connectivity index (χ1) is 3.79. The molecule has 46 valence electrons. The minimum Gasteiger partial charge on any atom is -1.00 e. The van der Waals surface area contributed by atoms with E-state index >= 15 is 0 Å². The third-order valence-electron chi connectivity index (χ3n) is 1.24. The predicted molar refractivity (Wildman–Crippen MR) is 32.2 cm³/mol. The van der Waals surface area contributed by atoms with Gasteiger partial charge in [0.15, 0.2) is 5.78 Å². The van der Waals surface area contributed by atoms with Crippen molar-refractivity contribution < 1.29 is 35.8 Å². The standard InChI is InChI=1S/C6H9NO.Na.H/c7-5-2-1-3-6(8)4-5;;/h4H,1-3,7H2;;/q;+1;-1. The molecule has 0 saturated heterocycles. The topological polar surface area (TPSA) is 43.1 Å². The van der Waals surface area contributed by atoms with E-state index in [0.717, 1.165) is 18.5 Å². The Hall–Kier alpha value is 0.210. The third-order valence-corrected chi connectivity index (χ3v) is 1.24. The monoisotopic (exact) mass is 135 g/mol. The first kappa shape index (κ1) is 9.21. The van der Waals surface area contributed by atoms with Crippen molar-refractivity contribution in [2.24, 2.45) is 5.73 Å². The molecular formula is C6H10NNaO. The molecule has 2 N–H and O–H groups in total. The summed E-state index contributed by atoms with van der Waals surface area (Å²) in [6, 6.07) is 0. The largest absolute Gasteiger partial charge is 1.00 e. The van der Waals surface area contributed by atoms with Crippen molar-refractivity contribution in [2.45, 2.75) is 19.3 Å². The van der Waals surface area contributed by atoms with Gasteiger partial charge in [0.1, 0.15) is 0 Å². The summed E-state index contributed by atoms with van der Waals surface area (Å²) >= 11 is 0. The molecule has 0 spiro atoms. The van der Waals surface area contributed by atoms with Crippen LogP contribution in [-0.4, -0.2) is 5.78 Å². The Bertz CT molecular complexity index is 147. The van der Waals surface area contributed by atoms with E-state index in [1.165, 1.54) is 6.08 Å². The van der Waals surface area contributed by atoms with E-state index in [2.05, 4.69) is 0 Å². The maximum absolute atomic E-state index is 10.5. The number of rotatable bonds is 0. The predicted octanol–water partition coefficient (Wildman–Crippen LogP) is -2.30. The smallest absolute Gasteiger partial charge is 1.00 e. The van der Waals surface area contributed by atoms with Gasteiger partial charge >= 0.3 is 29.6 Å². The summed E-state index contributed by atoms with van der Waals surface area (Å²) in [4.78, 5) is 10.5. The van der Waals surface area contributed by atoms with Crippen molar-refractivity contribution in [3.8, 4) is 0 Å². The minimum absolute atomic E-state index is 0. The van der Waals surface area contributed by atoms with E-state index < -0.39 is 0 Å². The maximum Gasteiger partial charge on any atom is 1.00 e. The van der Waals surface area contributed by atoms with Crippen molar-refractivity contribution >= 4 is 5.78 Å². The summed E-state index contributed by atoms with van der Waals surface area (Å²) in [5, 5.41) is 0. The summed E-state index contributed by atoms with van der Waals surface area (Å²) < 4.78 is 0. The van der Waals surface area contributed by atoms with Gasteiger partial charge in [-0.25, -0.2) is 0 Å². The molecule has 0 aromatic carbocycles. The van der Waals surface area contributed by atoms with E-state index in [9.17, 15) is 4.79 Å². The van der Waals surface area contributed by atoms with Crippen LogP contribution in [0.3, 0.4) is 0 Å². The molecule has 1 aliphatic rings. The molecule has 3 heteroatoms. The maximum atomic E-state index is 10.5. The molecular weight excluding hydrogens is 125 g/mol. The van der Waals surface area contributed by atoms with E-state index in [0.29, 0.717) is 6.42 Å². The van der Waals surface area contributed by atoms with Crippen LogP contribution >= 0.6 is 0 Å². The van der Waals surface area contributed by atoms with Crippen molar-refractivity contribution in [1.29, 1.82) is 0 Å². The zero-order valence-electron chi connectivity index (χ0n) is 6.68. The molecule has 0 bridgehead atoms. The number of carbonyl (C=O) groups excluding carboxylic acids is 1. The van der Waals surface area contributed by atoms with Gasteiger partial charge < -0.3 is 7.16 Å². The van der Waals surface area contributed by atoms with Crippen LogP contribution in [0.5, 0.6) is 0 Å². The molecule has 0 heterocycles. The fourth-order valence-electron chi connectivity index (χ4n) is 0.818. The van der Waals surface area contributed by atoms with E-state index in [4.69, 9.17) is 5.73 Å². The molecule has 0 unspecified atom stereocenters. The van der Waals surface area contributed by atoms with Crippen molar-refractivity contribution in [1.82, 2.24) is 0 Å². The number of nitrogens with two attached hydrogens (primary N) is 1. The molecule has 0 aliphatic heterocycles. The van der Waals surface area contributed by atoms with Crippen molar-refractivity contribution in [3.63, 3.8) is 0 Å².